The van der Waals surface area contributed by atoms with Gasteiger partial charge in [-0.15, -0.1) is 0 Å². The molecule has 0 amide bonds. The smallest absolute Gasteiger partial charge is 0.193 e. The Hall–Kier alpha value is -4.06. The SMILES string of the molecule is COc1cc(C(=O)c2ccc(-c3c(OC)cccc3OC)cc2)ccc1-n1cnc(C)c1. The minimum absolute atomic E-state index is 0.0878. The second-order valence-electron chi connectivity index (χ2n) is 7.25. The van der Waals surface area contributed by atoms with Crippen molar-refractivity contribution in [1.82, 2.24) is 9.55 Å². The molecule has 0 aliphatic rings. The molecule has 1 heterocycles. The lowest BCUT2D eigenvalue weighted by Crippen LogP contribution is -2.04. The standard InChI is InChI=1S/C26H24N2O4/c1-17-15-28(16-27-17)21-13-12-20(14-24(21)32-4)26(29)19-10-8-18(9-11-19)25-22(30-2)6-5-7-23(25)31-3/h5-16H,1-4H3. The molecular weight excluding hydrogens is 404 g/mol. The fourth-order valence-electron chi connectivity index (χ4n) is 3.68. The molecular formula is C26H24N2O4. The van der Waals surface area contributed by atoms with Crippen molar-refractivity contribution in [2.24, 2.45) is 0 Å². The summed E-state index contributed by atoms with van der Waals surface area (Å²) in [7, 11) is 4.84. The van der Waals surface area contributed by atoms with Gasteiger partial charge in [0.25, 0.3) is 0 Å². The van der Waals surface area contributed by atoms with Crippen molar-refractivity contribution in [2.45, 2.75) is 6.92 Å². The van der Waals surface area contributed by atoms with Crippen LogP contribution in [-0.2, 0) is 0 Å². The van der Waals surface area contributed by atoms with Crippen molar-refractivity contribution in [3.8, 4) is 34.1 Å². The Morgan fingerprint density at radius 2 is 1.44 bits per heavy atom. The first-order chi connectivity index (χ1) is 15.5. The summed E-state index contributed by atoms with van der Waals surface area (Å²) in [5, 5.41) is 0. The van der Waals surface area contributed by atoms with E-state index in [1.54, 1.807) is 39.8 Å². The van der Waals surface area contributed by atoms with Crippen LogP contribution < -0.4 is 14.2 Å². The lowest BCUT2D eigenvalue weighted by atomic mass is 9.98. The molecule has 0 aliphatic carbocycles. The van der Waals surface area contributed by atoms with Gasteiger partial charge in [0, 0.05) is 17.3 Å². The van der Waals surface area contributed by atoms with Crippen molar-refractivity contribution < 1.29 is 19.0 Å². The maximum Gasteiger partial charge on any atom is 0.193 e. The van der Waals surface area contributed by atoms with E-state index >= 15 is 0 Å². The van der Waals surface area contributed by atoms with Gasteiger partial charge in [-0.1, -0.05) is 30.3 Å². The Balaban J connectivity index is 1.65. The minimum Gasteiger partial charge on any atom is -0.496 e. The van der Waals surface area contributed by atoms with Crippen molar-refractivity contribution in [3.05, 3.63) is 90.0 Å². The Bertz CT molecular complexity index is 1240. The van der Waals surface area contributed by atoms with Crippen molar-refractivity contribution in [1.29, 1.82) is 0 Å². The lowest BCUT2D eigenvalue weighted by Gasteiger charge is -2.14. The molecule has 0 spiro atoms. The summed E-state index contributed by atoms with van der Waals surface area (Å²) in [5.74, 6) is 1.93. The van der Waals surface area contributed by atoms with E-state index in [4.69, 9.17) is 14.2 Å². The number of rotatable bonds is 7. The van der Waals surface area contributed by atoms with Crippen LogP contribution in [0.4, 0.5) is 0 Å². The van der Waals surface area contributed by atoms with Crippen LogP contribution in [0.5, 0.6) is 17.2 Å². The van der Waals surface area contributed by atoms with Crippen molar-refractivity contribution >= 4 is 5.78 Å². The molecule has 162 valence electrons. The number of ether oxygens (including phenoxy) is 3. The highest BCUT2D eigenvalue weighted by Gasteiger charge is 2.16. The Morgan fingerprint density at radius 3 is 2.00 bits per heavy atom. The summed E-state index contributed by atoms with van der Waals surface area (Å²) < 4.78 is 18.4. The number of hydrogen-bond acceptors (Lipinski definition) is 5. The Morgan fingerprint density at radius 1 is 0.812 bits per heavy atom. The summed E-state index contributed by atoms with van der Waals surface area (Å²) in [6.07, 6.45) is 3.63. The van der Waals surface area contributed by atoms with Crippen molar-refractivity contribution in [3.63, 3.8) is 0 Å². The second-order valence-corrected chi connectivity index (χ2v) is 7.25. The molecule has 0 saturated carbocycles. The molecule has 4 rings (SSSR count). The van der Waals surface area contributed by atoms with E-state index < -0.39 is 0 Å². The molecule has 0 unspecified atom stereocenters. The number of carbonyl (C=O) groups is 1. The van der Waals surface area contributed by atoms with Gasteiger partial charge in [-0.2, -0.15) is 0 Å². The number of aryl methyl sites for hydroxylation is 1. The number of carbonyl (C=O) groups excluding carboxylic acids is 1. The minimum atomic E-state index is -0.0878. The van der Waals surface area contributed by atoms with Crippen LogP contribution in [0.15, 0.2) is 73.2 Å². The molecule has 0 atom stereocenters. The van der Waals surface area contributed by atoms with E-state index in [1.807, 2.05) is 66.2 Å². The number of imidazole rings is 1. The van der Waals surface area contributed by atoms with Gasteiger partial charge in [0.15, 0.2) is 5.78 Å². The summed E-state index contributed by atoms with van der Waals surface area (Å²) in [5.41, 5.74) is 4.60. The predicted octanol–water partition coefficient (Wildman–Crippen LogP) is 5.10. The lowest BCUT2D eigenvalue weighted by molar-refractivity contribution is 0.103. The van der Waals surface area contributed by atoms with Crippen LogP contribution in [0.1, 0.15) is 21.6 Å². The molecule has 0 bridgehead atoms. The Kier molecular flexibility index (Phi) is 5.94. The van der Waals surface area contributed by atoms with Crippen LogP contribution in [0.2, 0.25) is 0 Å². The van der Waals surface area contributed by atoms with E-state index in [0.717, 1.165) is 22.5 Å². The van der Waals surface area contributed by atoms with Gasteiger partial charge in [0.1, 0.15) is 17.2 Å². The molecule has 32 heavy (non-hydrogen) atoms. The second kappa shape index (κ2) is 8.98. The van der Waals surface area contributed by atoms with E-state index in [1.165, 1.54) is 0 Å². The number of methoxy groups -OCH3 is 3. The van der Waals surface area contributed by atoms with E-state index in [9.17, 15) is 4.79 Å². The number of aromatic nitrogens is 2. The third-order valence-electron chi connectivity index (χ3n) is 5.30. The topological polar surface area (TPSA) is 62.6 Å². The number of hydrogen-bond donors (Lipinski definition) is 0. The summed E-state index contributed by atoms with van der Waals surface area (Å²) in [6.45, 7) is 1.92. The van der Waals surface area contributed by atoms with Gasteiger partial charge >= 0.3 is 0 Å². The highest BCUT2D eigenvalue weighted by atomic mass is 16.5. The Labute approximate surface area is 187 Å². The highest BCUT2D eigenvalue weighted by molar-refractivity contribution is 6.09. The van der Waals surface area contributed by atoms with E-state index in [-0.39, 0.29) is 5.78 Å². The summed E-state index contributed by atoms with van der Waals surface area (Å²) in [4.78, 5) is 17.4. The first kappa shape index (κ1) is 21.2. The molecule has 6 heteroatoms. The zero-order valence-electron chi connectivity index (χ0n) is 18.5. The van der Waals surface area contributed by atoms with Gasteiger partial charge in [-0.05, 0) is 42.8 Å². The van der Waals surface area contributed by atoms with Gasteiger partial charge in [-0.3, -0.25) is 4.79 Å². The predicted molar refractivity (Wildman–Crippen MR) is 123 cm³/mol. The maximum atomic E-state index is 13.1. The fraction of sp³-hybridized carbons (Fsp3) is 0.154. The molecule has 0 aliphatic heterocycles. The quantitative estimate of drug-likeness (QED) is 0.383. The molecule has 0 saturated heterocycles. The van der Waals surface area contributed by atoms with Crippen molar-refractivity contribution in [2.75, 3.05) is 21.3 Å². The zero-order chi connectivity index (χ0) is 22.7. The largest absolute Gasteiger partial charge is 0.496 e. The van der Waals surface area contributed by atoms with Crippen LogP contribution >= 0.6 is 0 Å². The van der Waals surface area contributed by atoms with Crippen LogP contribution in [0.3, 0.4) is 0 Å². The van der Waals surface area contributed by atoms with Gasteiger partial charge < -0.3 is 18.8 Å². The van der Waals surface area contributed by atoms with Gasteiger partial charge in [0.2, 0.25) is 0 Å². The molecule has 0 fully saturated rings. The van der Waals surface area contributed by atoms with Gasteiger partial charge in [0.05, 0.1) is 44.6 Å². The monoisotopic (exact) mass is 428 g/mol. The first-order valence-electron chi connectivity index (χ1n) is 10.1. The number of benzene rings is 3. The van der Waals surface area contributed by atoms with E-state index in [2.05, 4.69) is 4.98 Å². The van der Waals surface area contributed by atoms with Crippen LogP contribution in [-0.4, -0.2) is 36.7 Å². The fourth-order valence-corrected chi connectivity index (χ4v) is 3.68. The molecule has 0 N–H and O–H groups in total. The molecule has 3 aromatic carbocycles. The summed E-state index contributed by atoms with van der Waals surface area (Å²) in [6, 6.07) is 18.5. The van der Waals surface area contributed by atoms with Gasteiger partial charge in [-0.25, -0.2) is 4.98 Å². The first-order valence-corrected chi connectivity index (χ1v) is 10.1. The van der Waals surface area contributed by atoms with Crippen LogP contribution in [0, 0.1) is 6.92 Å². The molecule has 0 radical (unpaired) electrons. The maximum absolute atomic E-state index is 13.1. The van der Waals surface area contributed by atoms with Crippen LogP contribution in [0.25, 0.3) is 16.8 Å². The average molecular weight is 428 g/mol. The third-order valence-corrected chi connectivity index (χ3v) is 5.30. The molecule has 1 aromatic heterocycles. The number of ketones is 1. The molecule has 6 nitrogen and oxygen atoms in total. The summed E-state index contributed by atoms with van der Waals surface area (Å²) >= 11 is 0. The van der Waals surface area contributed by atoms with E-state index in [0.29, 0.717) is 28.4 Å². The molecule has 4 aromatic rings. The number of nitrogens with zero attached hydrogens (tertiary/aromatic N) is 2. The third kappa shape index (κ3) is 3.95. The average Bonchev–Trinajstić information content (AvgIpc) is 3.28. The zero-order valence-corrected chi connectivity index (χ0v) is 18.5. The normalized spacial score (nSPS) is 10.6. The highest BCUT2D eigenvalue weighted by Crippen LogP contribution is 2.38.